The summed E-state index contributed by atoms with van der Waals surface area (Å²) in [5.74, 6) is -1.18. The summed E-state index contributed by atoms with van der Waals surface area (Å²) in [6.45, 7) is 1.33. The van der Waals surface area contributed by atoms with Crippen LogP contribution in [-0.2, 0) is 13.9 Å². The van der Waals surface area contributed by atoms with E-state index in [0.717, 1.165) is 0 Å². The van der Waals surface area contributed by atoms with Crippen molar-refractivity contribution >= 4 is 21.6 Å². The zero-order valence-corrected chi connectivity index (χ0v) is 10.7. The van der Waals surface area contributed by atoms with Crippen molar-refractivity contribution < 1.29 is 53.5 Å². The van der Waals surface area contributed by atoms with Crippen LogP contribution in [0.1, 0.15) is 6.92 Å². The first-order valence-corrected chi connectivity index (χ1v) is 6.91. The van der Waals surface area contributed by atoms with Crippen molar-refractivity contribution in [1.29, 1.82) is 0 Å². The Labute approximate surface area is 101 Å². The monoisotopic (exact) mass is 315 g/mol. The van der Waals surface area contributed by atoms with E-state index in [9.17, 15) is 4.79 Å². The molecule has 12 nitrogen and oxygen atoms in total. The molecule has 112 valence electrons. The van der Waals surface area contributed by atoms with E-state index < -0.39 is 33.8 Å². The lowest BCUT2D eigenvalue weighted by molar-refractivity contribution is -0.140. The Kier molecular flexibility index (Phi) is 12.0. The van der Waals surface area contributed by atoms with Gasteiger partial charge in [0.1, 0.15) is 6.04 Å². The average Bonchev–Trinajstić information content (AvgIpc) is 1.95. The maximum atomic E-state index is 9.86. The second-order valence-electron chi connectivity index (χ2n) is 2.63. The normalized spacial score (nSPS) is 14.3. The van der Waals surface area contributed by atoms with Crippen LogP contribution in [0.3, 0.4) is 0 Å². The lowest BCUT2D eigenvalue weighted by Crippen LogP contribution is -2.39. The number of nitrogens with two attached hydrogens (primary N) is 1. The van der Waals surface area contributed by atoms with Gasteiger partial charge in [0.05, 0.1) is 6.10 Å². The molecule has 14 heteroatoms. The van der Waals surface area contributed by atoms with E-state index in [1.807, 2.05) is 0 Å². The molecule has 0 aromatic heterocycles. The number of carbonyl (C=O) groups is 1. The Morgan fingerprint density at radius 1 is 1.00 bits per heavy atom. The number of carboxylic acids is 1. The van der Waals surface area contributed by atoms with E-state index >= 15 is 0 Å². The molecular weight excluding hydrogens is 300 g/mol. The number of rotatable bonds is 2. The number of carboxylic acid groups (broad SMARTS) is 1. The number of aliphatic carboxylic acids is 1. The number of aliphatic hydroxyl groups is 1. The summed E-state index contributed by atoms with van der Waals surface area (Å²) in [5.41, 5.74) is 4.91. The first kappa shape index (κ1) is 22.8. The fourth-order valence-corrected chi connectivity index (χ4v) is 0.206. The summed E-state index contributed by atoms with van der Waals surface area (Å²) in [6.07, 6.45) is -0.979. The van der Waals surface area contributed by atoms with Gasteiger partial charge in [-0.05, 0) is 6.92 Å². The maximum absolute atomic E-state index is 9.86. The van der Waals surface area contributed by atoms with Gasteiger partial charge in [-0.2, -0.15) is 0 Å². The van der Waals surface area contributed by atoms with Gasteiger partial charge in [0.2, 0.25) is 0 Å². The van der Waals surface area contributed by atoms with Crippen LogP contribution in [0.15, 0.2) is 0 Å². The second-order valence-corrected chi connectivity index (χ2v) is 4.68. The molecule has 18 heavy (non-hydrogen) atoms. The molecule has 0 radical (unpaired) electrons. The van der Waals surface area contributed by atoms with E-state index in [4.69, 9.17) is 54.4 Å². The molecule has 0 spiro atoms. The van der Waals surface area contributed by atoms with Gasteiger partial charge in [0, 0.05) is 0 Å². The first-order chi connectivity index (χ1) is 7.55. The highest BCUT2D eigenvalue weighted by Crippen LogP contribution is 2.26. The molecule has 0 rings (SSSR count). The van der Waals surface area contributed by atoms with E-state index in [0.29, 0.717) is 0 Å². The number of hydrogen-bond donors (Lipinski definition) is 9. The van der Waals surface area contributed by atoms with Crippen LogP contribution in [0, 0.1) is 0 Å². The molecule has 0 amide bonds. The lowest BCUT2D eigenvalue weighted by Gasteiger charge is -2.06. The largest absolute Gasteiger partial charge is 0.480 e. The number of phosphoric acid groups is 2. The Bertz CT molecular complexity index is 280. The highest BCUT2D eigenvalue weighted by atomic mass is 31.2. The van der Waals surface area contributed by atoms with Crippen molar-refractivity contribution in [3.63, 3.8) is 0 Å². The third-order valence-electron chi connectivity index (χ3n) is 0.805. The lowest BCUT2D eigenvalue weighted by atomic mass is 10.2. The van der Waals surface area contributed by atoms with Gasteiger partial charge < -0.3 is 45.3 Å². The molecule has 0 aromatic carbocycles. The molecule has 0 bridgehead atoms. The Morgan fingerprint density at radius 3 is 1.17 bits per heavy atom. The summed E-state index contributed by atoms with van der Waals surface area (Å²) < 4.78 is 17.8. The zero-order chi connectivity index (χ0) is 15.7. The van der Waals surface area contributed by atoms with E-state index in [1.165, 1.54) is 6.92 Å². The van der Waals surface area contributed by atoms with Gasteiger partial charge in [-0.3, -0.25) is 4.79 Å². The molecule has 0 aliphatic rings. The maximum Gasteiger partial charge on any atom is 0.466 e. The predicted octanol–water partition coefficient (Wildman–Crippen LogP) is -3.08. The molecule has 0 heterocycles. The van der Waals surface area contributed by atoms with E-state index in [-0.39, 0.29) is 0 Å². The van der Waals surface area contributed by atoms with Gasteiger partial charge in [-0.15, -0.1) is 0 Å². The SMILES string of the molecule is CC(O)C(N)C(=O)O.O=P(O)(O)O.O=P(O)(O)O. The Balaban J connectivity index is -0.000000197. The topological polar surface area (TPSA) is 239 Å². The molecule has 0 aromatic rings. The zero-order valence-electron chi connectivity index (χ0n) is 8.93. The predicted molar refractivity (Wildman–Crippen MR) is 55.8 cm³/mol. The number of hydrogen-bond acceptors (Lipinski definition) is 5. The van der Waals surface area contributed by atoms with Crippen LogP contribution < -0.4 is 5.73 Å². The van der Waals surface area contributed by atoms with Crippen molar-refractivity contribution in [1.82, 2.24) is 0 Å². The summed E-state index contributed by atoms with van der Waals surface area (Å²) in [6, 6.07) is -1.16. The molecule has 2 atom stereocenters. The second kappa shape index (κ2) is 9.53. The van der Waals surface area contributed by atoms with Gasteiger partial charge in [-0.1, -0.05) is 0 Å². The van der Waals surface area contributed by atoms with Crippen LogP contribution in [0.2, 0.25) is 0 Å². The summed E-state index contributed by atoms with van der Waals surface area (Å²) in [7, 11) is -9.28. The molecule has 10 N–H and O–H groups in total. The fraction of sp³-hybridized carbons (Fsp3) is 0.750. The van der Waals surface area contributed by atoms with E-state index in [1.54, 1.807) is 0 Å². The molecule has 2 unspecified atom stereocenters. The number of aliphatic hydroxyl groups excluding tert-OH is 1. The smallest absolute Gasteiger partial charge is 0.466 e. The standard InChI is InChI=1S/C4H9NO3.2H3O4P/c1-2(6)3(5)4(7)8;2*1-5(2,3)4/h2-3,6H,5H2,1H3,(H,7,8);2*(H3,1,2,3,4). The minimum atomic E-state index is -4.64. The Morgan fingerprint density at radius 2 is 1.17 bits per heavy atom. The van der Waals surface area contributed by atoms with Crippen molar-refractivity contribution in [2.45, 2.75) is 19.1 Å². The molecule has 0 aliphatic heterocycles. The van der Waals surface area contributed by atoms with Crippen molar-refractivity contribution in [2.24, 2.45) is 5.73 Å². The molecule has 0 aliphatic carbocycles. The van der Waals surface area contributed by atoms with Gasteiger partial charge in [-0.25, -0.2) is 9.13 Å². The van der Waals surface area contributed by atoms with Gasteiger partial charge in [0.25, 0.3) is 0 Å². The van der Waals surface area contributed by atoms with Crippen molar-refractivity contribution in [2.75, 3.05) is 0 Å². The molecule has 0 fully saturated rings. The molecule has 0 saturated heterocycles. The van der Waals surface area contributed by atoms with E-state index in [2.05, 4.69) is 0 Å². The third-order valence-corrected chi connectivity index (χ3v) is 0.805. The fourth-order valence-electron chi connectivity index (χ4n) is 0.206. The minimum absolute atomic E-state index is 0.979. The highest BCUT2D eigenvalue weighted by Gasteiger charge is 2.16. The van der Waals surface area contributed by atoms with Crippen LogP contribution in [0.4, 0.5) is 0 Å². The van der Waals surface area contributed by atoms with Crippen LogP contribution >= 0.6 is 15.6 Å². The average molecular weight is 315 g/mol. The summed E-state index contributed by atoms with van der Waals surface area (Å²) >= 11 is 0. The van der Waals surface area contributed by atoms with Crippen molar-refractivity contribution in [3.8, 4) is 0 Å². The van der Waals surface area contributed by atoms with Gasteiger partial charge in [0.15, 0.2) is 0 Å². The van der Waals surface area contributed by atoms with Crippen molar-refractivity contribution in [3.05, 3.63) is 0 Å². The first-order valence-electron chi connectivity index (χ1n) is 3.78. The van der Waals surface area contributed by atoms with Gasteiger partial charge >= 0.3 is 21.6 Å². The summed E-state index contributed by atoms with van der Waals surface area (Å²) in [4.78, 5) is 53.0. The van der Waals surface area contributed by atoms with Crippen LogP contribution in [-0.4, -0.2) is 57.7 Å². The molecular formula is C4H15NO11P2. The highest BCUT2D eigenvalue weighted by molar-refractivity contribution is 7.45. The van der Waals surface area contributed by atoms with Crippen LogP contribution in [0.25, 0.3) is 0 Å². The quantitative estimate of drug-likeness (QED) is 0.230. The minimum Gasteiger partial charge on any atom is -0.480 e. The van der Waals surface area contributed by atoms with Crippen LogP contribution in [0.5, 0.6) is 0 Å². The third kappa shape index (κ3) is 57.5. The summed E-state index contributed by atoms with van der Waals surface area (Å²) in [5, 5.41) is 16.6. The molecule has 0 saturated carbocycles. The Hall–Kier alpha value is -0.390.